The molecule has 0 saturated heterocycles. The average Bonchev–Trinajstić information content (AvgIpc) is 2.89. The number of carbonyl (C=O) groups excluding carboxylic acids is 1. The molecule has 2 heterocycles. The van der Waals surface area contributed by atoms with Crippen molar-refractivity contribution in [3.63, 3.8) is 0 Å². The summed E-state index contributed by atoms with van der Waals surface area (Å²) in [5.41, 5.74) is 1.45. The molecule has 5 heteroatoms. The Bertz CT molecular complexity index is 522. The van der Waals surface area contributed by atoms with Crippen LogP contribution in [0.25, 0.3) is 0 Å². The second-order valence-corrected chi connectivity index (χ2v) is 4.09. The number of aryl methyl sites for hydroxylation is 1. The fraction of sp³-hybridized carbons (Fsp3) is 0.308. The van der Waals surface area contributed by atoms with Gasteiger partial charge in [0.2, 0.25) is 0 Å². The minimum absolute atomic E-state index is 0.0963. The molecule has 0 saturated carbocycles. The molecular formula is C13H16N4O. The first kappa shape index (κ1) is 12.3. The van der Waals surface area contributed by atoms with E-state index in [1.807, 2.05) is 13.8 Å². The average molecular weight is 244 g/mol. The minimum atomic E-state index is -0.108. The van der Waals surface area contributed by atoms with Crippen molar-refractivity contribution in [2.75, 3.05) is 0 Å². The Morgan fingerprint density at radius 2 is 2.28 bits per heavy atom. The highest BCUT2D eigenvalue weighted by Crippen LogP contribution is 2.12. The molecule has 0 aliphatic rings. The van der Waals surface area contributed by atoms with Gasteiger partial charge in [-0.25, -0.2) is 4.98 Å². The van der Waals surface area contributed by atoms with Crippen molar-refractivity contribution >= 4 is 5.91 Å². The van der Waals surface area contributed by atoms with Gasteiger partial charge in [-0.05, 0) is 25.5 Å². The summed E-state index contributed by atoms with van der Waals surface area (Å²) in [4.78, 5) is 23.3. The van der Waals surface area contributed by atoms with E-state index >= 15 is 0 Å². The first-order valence-corrected chi connectivity index (χ1v) is 5.93. The standard InChI is InChI=1S/C13H16N4O/c1-3-11(12-15-6-7-16-12)17-13(18)10-4-5-14-9(2)8-10/h4-8,11H,3H2,1-2H3,(H,15,16)(H,17,18). The SMILES string of the molecule is CCC(NC(=O)c1ccnc(C)c1)c1ncc[nH]1. The van der Waals surface area contributed by atoms with Crippen molar-refractivity contribution in [2.24, 2.45) is 0 Å². The van der Waals surface area contributed by atoms with Crippen LogP contribution in [0, 0.1) is 6.92 Å². The van der Waals surface area contributed by atoms with Crippen molar-refractivity contribution in [3.8, 4) is 0 Å². The number of carbonyl (C=O) groups is 1. The van der Waals surface area contributed by atoms with Crippen molar-refractivity contribution < 1.29 is 4.79 Å². The Morgan fingerprint density at radius 1 is 1.44 bits per heavy atom. The number of hydrogen-bond acceptors (Lipinski definition) is 3. The first-order valence-electron chi connectivity index (χ1n) is 5.93. The van der Waals surface area contributed by atoms with E-state index in [1.165, 1.54) is 0 Å². The van der Waals surface area contributed by atoms with Gasteiger partial charge in [0, 0.05) is 29.8 Å². The predicted molar refractivity (Wildman–Crippen MR) is 68.1 cm³/mol. The molecule has 0 spiro atoms. The summed E-state index contributed by atoms with van der Waals surface area (Å²) in [6.45, 7) is 3.87. The number of rotatable bonds is 4. The van der Waals surface area contributed by atoms with Crippen LogP contribution in [0.4, 0.5) is 0 Å². The fourth-order valence-corrected chi connectivity index (χ4v) is 1.76. The predicted octanol–water partition coefficient (Wildman–Crippen LogP) is 1.99. The van der Waals surface area contributed by atoms with E-state index in [4.69, 9.17) is 0 Å². The highest BCUT2D eigenvalue weighted by molar-refractivity contribution is 5.94. The zero-order valence-corrected chi connectivity index (χ0v) is 10.5. The van der Waals surface area contributed by atoms with Gasteiger partial charge in [0.15, 0.2) is 0 Å². The number of aromatic amines is 1. The van der Waals surface area contributed by atoms with Gasteiger partial charge in [0.1, 0.15) is 5.82 Å². The van der Waals surface area contributed by atoms with Crippen molar-refractivity contribution in [3.05, 3.63) is 47.8 Å². The Labute approximate surface area is 106 Å². The topological polar surface area (TPSA) is 70.7 Å². The van der Waals surface area contributed by atoms with Crippen LogP contribution in [0.2, 0.25) is 0 Å². The molecule has 1 unspecified atom stereocenters. The second kappa shape index (κ2) is 5.44. The van der Waals surface area contributed by atoms with E-state index in [0.717, 1.165) is 17.9 Å². The Balaban J connectivity index is 2.11. The van der Waals surface area contributed by atoms with E-state index in [-0.39, 0.29) is 11.9 Å². The molecule has 0 aliphatic heterocycles. The molecule has 18 heavy (non-hydrogen) atoms. The molecule has 0 bridgehead atoms. The number of hydrogen-bond donors (Lipinski definition) is 2. The van der Waals surface area contributed by atoms with Gasteiger partial charge in [-0.15, -0.1) is 0 Å². The molecule has 2 N–H and O–H groups in total. The molecule has 2 aromatic heterocycles. The van der Waals surface area contributed by atoms with Crippen molar-refractivity contribution in [2.45, 2.75) is 26.3 Å². The summed E-state index contributed by atoms with van der Waals surface area (Å²) >= 11 is 0. The van der Waals surface area contributed by atoms with Gasteiger partial charge < -0.3 is 10.3 Å². The summed E-state index contributed by atoms with van der Waals surface area (Å²) in [5.74, 6) is 0.667. The highest BCUT2D eigenvalue weighted by Gasteiger charge is 2.15. The Hall–Kier alpha value is -2.17. The van der Waals surface area contributed by atoms with Crippen LogP contribution in [-0.4, -0.2) is 20.9 Å². The maximum absolute atomic E-state index is 12.1. The number of pyridine rings is 1. The maximum Gasteiger partial charge on any atom is 0.251 e. The highest BCUT2D eigenvalue weighted by atomic mass is 16.1. The van der Waals surface area contributed by atoms with Crippen molar-refractivity contribution in [1.82, 2.24) is 20.3 Å². The van der Waals surface area contributed by atoms with Crippen LogP contribution in [0.3, 0.4) is 0 Å². The van der Waals surface area contributed by atoms with Crippen molar-refractivity contribution in [1.29, 1.82) is 0 Å². The van der Waals surface area contributed by atoms with Gasteiger partial charge in [0.05, 0.1) is 6.04 Å². The lowest BCUT2D eigenvalue weighted by atomic mass is 10.1. The van der Waals surface area contributed by atoms with Crippen LogP contribution < -0.4 is 5.32 Å². The third-order valence-corrected chi connectivity index (χ3v) is 2.72. The molecule has 0 fully saturated rings. The third-order valence-electron chi connectivity index (χ3n) is 2.72. The van der Waals surface area contributed by atoms with E-state index in [2.05, 4.69) is 20.3 Å². The molecule has 1 atom stereocenters. The fourth-order valence-electron chi connectivity index (χ4n) is 1.76. The number of aromatic nitrogens is 3. The number of nitrogens with zero attached hydrogens (tertiary/aromatic N) is 2. The smallest absolute Gasteiger partial charge is 0.251 e. The van der Waals surface area contributed by atoms with Crippen LogP contribution in [0.5, 0.6) is 0 Å². The summed E-state index contributed by atoms with van der Waals surface area (Å²) in [6, 6.07) is 3.38. The summed E-state index contributed by atoms with van der Waals surface area (Å²) in [7, 11) is 0. The summed E-state index contributed by atoms with van der Waals surface area (Å²) in [5, 5.41) is 2.95. The number of H-pyrrole nitrogens is 1. The second-order valence-electron chi connectivity index (χ2n) is 4.09. The van der Waals surface area contributed by atoms with Gasteiger partial charge in [-0.1, -0.05) is 6.92 Å². The lowest BCUT2D eigenvalue weighted by Crippen LogP contribution is -2.29. The molecule has 2 rings (SSSR count). The van der Waals surface area contributed by atoms with Crippen LogP contribution >= 0.6 is 0 Å². The van der Waals surface area contributed by atoms with Gasteiger partial charge in [0.25, 0.3) is 5.91 Å². The first-order chi connectivity index (χ1) is 8.70. The van der Waals surface area contributed by atoms with Crippen LogP contribution in [0.15, 0.2) is 30.7 Å². The maximum atomic E-state index is 12.1. The monoisotopic (exact) mass is 244 g/mol. The van der Waals surface area contributed by atoms with E-state index < -0.39 is 0 Å². The molecule has 94 valence electrons. The summed E-state index contributed by atoms with van der Waals surface area (Å²) in [6.07, 6.45) is 5.85. The molecule has 0 aromatic carbocycles. The van der Waals surface area contributed by atoms with Gasteiger partial charge in [-0.3, -0.25) is 9.78 Å². The van der Waals surface area contributed by atoms with E-state index in [9.17, 15) is 4.79 Å². The largest absolute Gasteiger partial charge is 0.347 e. The van der Waals surface area contributed by atoms with Gasteiger partial charge in [-0.2, -0.15) is 0 Å². The lowest BCUT2D eigenvalue weighted by Gasteiger charge is -2.14. The number of nitrogens with one attached hydrogen (secondary N) is 2. The zero-order chi connectivity index (χ0) is 13.0. The van der Waals surface area contributed by atoms with E-state index in [1.54, 1.807) is 30.7 Å². The quantitative estimate of drug-likeness (QED) is 0.864. The lowest BCUT2D eigenvalue weighted by molar-refractivity contribution is 0.0933. The van der Waals surface area contributed by atoms with Crippen LogP contribution in [0.1, 0.15) is 41.3 Å². The third kappa shape index (κ3) is 2.74. The molecular weight excluding hydrogens is 228 g/mol. The summed E-state index contributed by atoms with van der Waals surface area (Å²) < 4.78 is 0. The molecule has 0 radical (unpaired) electrons. The normalized spacial score (nSPS) is 12.1. The number of imidazole rings is 1. The molecule has 5 nitrogen and oxygen atoms in total. The zero-order valence-electron chi connectivity index (χ0n) is 10.5. The minimum Gasteiger partial charge on any atom is -0.347 e. The Morgan fingerprint density at radius 3 is 2.89 bits per heavy atom. The number of amides is 1. The Kier molecular flexibility index (Phi) is 3.72. The molecule has 2 aromatic rings. The van der Waals surface area contributed by atoms with Crippen LogP contribution in [-0.2, 0) is 0 Å². The molecule has 0 aliphatic carbocycles. The molecule has 1 amide bonds. The van der Waals surface area contributed by atoms with E-state index in [0.29, 0.717) is 5.56 Å². The van der Waals surface area contributed by atoms with Gasteiger partial charge >= 0.3 is 0 Å².